The van der Waals surface area contributed by atoms with E-state index in [0.29, 0.717) is 12.4 Å². The van der Waals surface area contributed by atoms with Crippen LogP contribution in [0.4, 0.5) is 0 Å². The fourth-order valence-electron chi connectivity index (χ4n) is 3.84. The van der Waals surface area contributed by atoms with Crippen LogP contribution in [0.1, 0.15) is 78.7 Å². The molecule has 0 atom stereocenters. The molecule has 0 saturated heterocycles. The lowest BCUT2D eigenvalue weighted by Crippen LogP contribution is -1.96. The first-order chi connectivity index (χ1) is 15.8. The number of aryl methyl sites for hydroxylation is 1. The van der Waals surface area contributed by atoms with Crippen molar-refractivity contribution in [1.29, 1.82) is 0 Å². The zero-order valence-corrected chi connectivity index (χ0v) is 21.5. The molecule has 0 bridgehead atoms. The van der Waals surface area contributed by atoms with Gasteiger partial charge >= 0.3 is 0 Å². The molecule has 0 aliphatic carbocycles. The van der Waals surface area contributed by atoms with Gasteiger partial charge in [-0.2, -0.15) is 0 Å². The lowest BCUT2D eigenvalue weighted by Gasteiger charge is -2.11. The van der Waals surface area contributed by atoms with Crippen LogP contribution in [0.5, 0.6) is 11.5 Å². The van der Waals surface area contributed by atoms with Crippen LogP contribution in [-0.4, -0.2) is 11.7 Å². The van der Waals surface area contributed by atoms with Crippen molar-refractivity contribution >= 4 is 10.8 Å². The number of allylic oxidation sites excluding steroid dienone is 7. The molecule has 2 aromatic carbocycles. The quantitative estimate of drug-likeness (QED) is 0.329. The van der Waals surface area contributed by atoms with Crippen LogP contribution in [0.15, 0.2) is 76.9 Å². The summed E-state index contributed by atoms with van der Waals surface area (Å²) >= 11 is 0. The normalized spacial score (nSPS) is 12.8. The Bertz CT molecular complexity index is 1030. The zero-order valence-electron chi connectivity index (χ0n) is 21.5. The highest BCUT2D eigenvalue weighted by Gasteiger charge is 2.09. The summed E-state index contributed by atoms with van der Waals surface area (Å²) in [6.07, 6.45) is 16.0. The third-order valence-electron chi connectivity index (χ3n) is 5.99. The number of phenolic OH excluding ortho intramolecular Hbond substituents is 1. The maximum absolute atomic E-state index is 10.3. The molecule has 0 aromatic heterocycles. The summed E-state index contributed by atoms with van der Waals surface area (Å²) in [7, 11) is 0. The van der Waals surface area contributed by atoms with Crippen molar-refractivity contribution in [2.75, 3.05) is 6.61 Å². The van der Waals surface area contributed by atoms with Crippen LogP contribution < -0.4 is 4.74 Å². The highest BCUT2D eigenvalue weighted by atomic mass is 16.5. The molecule has 0 aliphatic rings. The second kappa shape index (κ2) is 13.7. The maximum atomic E-state index is 10.3. The molecule has 2 rings (SSSR count). The Hall–Kier alpha value is -2.74. The fraction of sp³-hybridized carbons (Fsp3) is 0.419. The summed E-state index contributed by atoms with van der Waals surface area (Å²) in [5, 5.41) is 12.1. The Balaban J connectivity index is 1.77. The largest absolute Gasteiger partial charge is 0.507 e. The highest BCUT2D eigenvalue weighted by Crippen LogP contribution is 2.35. The molecule has 2 nitrogen and oxygen atoms in total. The number of ether oxygens (including phenoxy) is 1. The molecule has 0 saturated carbocycles. The molecule has 0 unspecified atom stereocenters. The van der Waals surface area contributed by atoms with Gasteiger partial charge in [-0.25, -0.2) is 0 Å². The molecule has 178 valence electrons. The van der Waals surface area contributed by atoms with Crippen molar-refractivity contribution in [3.63, 3.8) is 0 Å². The summed E-state index contributed by atoms with van der Waals surface area (Å²) < 4.78 is 6.06. The van der Waals surface area contributed by atoms with Crippen molar-refractivity contribution < 1.29 is 9.84 Å². The Morgan fingerprint density at radius 1 is 0.758 bits per heavy atom. The number of hydrogen-bond donors (Lipinski definition) is 1. The van der Waals surface area contributed by atoms with Gasteiger partial charge in [0.25, 0.3) is 0 Å². The van der Waals surface area contributed by atoms with E-state index in [4.69, 9.17) is 4.74 Å². The molecular formula is C31H42O2. The average Bonchev–Trinajstić information content (AvgIpc) is 2.77. The van der Waals surface area contributed by atoms with E-state index in [1.807, 2.05) is 37.3 Å². The second-order valence-electron chi connectivity index (χ2n) is 9.45. The van der Waals surface area contributed by atoms with Crippen molar-refractivity contribution in [1.82, 2.24) is 0 Å². The van der Waals surface area contributed by atoms with Gasteiger partial charge in [-0.15, -0.1) is 0 Å². The van der Waals surface area contributed by atoms with Crippen LogP contribution in [0.2, 0.25) is 0 Å². The van der Waals surface area contributed by atoms with Crippen LogP contribution in [-0.2, 0) is 0 Å². The summed E-state index contributed by atoms with van der Waals surface area (Å²) in [5.74, 6) is 1.16. The van der Waals surface area contributed by atoms with E-state index in [9.17, 15) is 5.11 Å². The minimum Gasteiger partial charge on any atom is -0.507 e. The van der Waals surface area contributed by atoms with Crippen LogP contribution in [0, 0.1) is 6.92 Å². The van der Waals surface area contributed by atoms with E-state index in [1.165, 1.54) is 28.7 Å². The summed E-state index contributed by atoms with van der Waals surface area (Å²) in [4.78, 5) is 0. The lowest BCUT2D eigenvalue weighted by atomic mass is 10.0. The number of benzene rings is 2. The van der Waals surface area contributed by atoms with Crippen LogP contribution in [0.3, 0.4) is 0 Å². The highest BCUT2D eigenvalue weighted by molar-refractivity contribution is 5.94. The molecular weight excluding hydrogens is 404 g/mol. The number of fused-ring (bicyclic) bond motifs is 1. The third-order valence-corrected chi connectivity index (χ3v) is 5.99. The van der Waals surface area contributed by atoms with Crippen molar-refractivity contribution in [2.24, 2.45) is 0 Å². The van der Waals surface area contributed by atoms with Gasteiger partial charge in [-0.05, 0) is 97.8 Å². The van der Waals surface area contributed by atoms with Crippen molar-refractivity contribution in [2.45, 2.75) is 80.1 Å². The molecule has 0 amide bonds. The van der Waals surface area contributed by atoms with Gasteiger partial charge in [0, 0.05) is 10.8 Å². The summed E-state index contributed by atoms with van der Waals surface area (Å²) in [5.41, 5.74) is 6.55. The first kappa shape index (κ1) is 26.5. The lowest BCUT2D eigenvalue weighted by molar-refractivity contribution is 0.365. The molecule has 2 aromatic rings. The first-order valence-corrected chi connectivity index (χ1v) is 12.2. The van der Waals surface area contributed by atoms with E-state index in [0.717, 1.165) is 54.2 Å². The van der Waals surface area contributed by atoms with Crippen LogP contribution >= 0.6 is 0 Å². The third kappa shape index (κ3) is 9.34. The molecule has 0 fully saturated rings. The Morgan fingerprint density at radius 2 is 1.27 bits per heavy atom. The minimum atomic E-state index is 0.334. The predicted octanol–water partition coefficient (Wildman–Crippen LogP) is 9.38. The first-order valence-electron chi connectivity index (χ1n) is 12.2. The molecule has 33 heavy (non-hydrogen) atoms. The fourth-order valence-corrected chi connectivity index (χ4v) is 3.84. The Labute approximate surface area is 201 Å². The number of rotatable bonds is 12. The van der Waals surface area contributed by atoms with Gasteiger partial charge in [-0.1, -0.05) is 64.8 Å². The monoisotopic (exact) mass is 446 g/mol. The number of hydrogen-bond acceptors (Lipinski definition) is 2. The van der Waals surface area contributed by atoms with Gasteiger partial charge in [0.05, 0.1) is 0 Å². The van der Waals surface area contributed by atoms with Crippen molar-refractivity contribution in [3.05, 3.63) is 82.5 Å². The summed E-state index contributed by atoms with van der Waals surface area (Å²) in [6.45, 7) is 13.4. The molecule has 0 radical (unpaired) electrons. The second-order valence-corrected chi connectivity index (χ2v) is 9.45. The minimum absolute atomic E-state index is 0.334. The van der Waals surface area contributed by atoms with Gasteiger partial charge in [-0.3, -0.25) is 0 Å². The number of aromatic hydroxyl groups is 1. The summed E-state index contributed by atoms with van der Waals surface area (Å²) in [6, 6.07) is 9.76. The van der Waals surface area contributed by atoms with E-state index in [-0.39, 0.29) is 0 Å². The van der Waals surface area contributed by atoms with E-state index in [2.05, 4.69) is 58.9 Å². The molecule has 0 spiro atoms. The van der Waals surface area contributed by atoms with Crippen molar-refractivity contribution in [3.8, 4) is 11.5 Å². The van der Waals surface area contributed by atoms with E-state index in [1.54, 1.807) is 0 Å². The van der Waals surface area contributed by atoms with E-state index < -0.39 is 0 Å². The maximum Gasteiger partial charge on any atom is 0.128 e. The van der Waals surface area contributed by atoms with Gasteiger partial charge < -0.3 is 9.84 Å². The zero-order chi connectivity index (χ0) is 24.2. The Kier molecular flexibility index (Phi) is 11.0. The molecule has 1 N–H and O–H groups in total. The number of phenols is 1. The predicted molar refractivity (Wildman–Crippen MR) is 144 cm³/mol. The van der Waals surface area contributed by atoms with Gasteiger partial charge in [0.15, 0.2) is 0 Å². The van der Waals surface area contributed by atoms with Crippen LogP contribution in [0.25, 0.3) is 10.8 Å². The molecule has 0 aliphatic heterocycles. The smallest absolute Gasteiger partial charge is 0.128 e. The standard InChI is InChI=1S/C31H42O2/c1-23(2)12-9-13-24(3)14-10-15-25(4)16-11-17-26(5)20-21-33-30-22-27(6)31(32)29-19-8-7-18-28(29)30/h7-8,12,14,16,18-20,22,32H,9-11,13,15,17,21H2,1-6H3/b24-14+,25-16+,26-20+. The Morgan fingerprint density at radius 3 is 1.85 bits per heavy atom. The molecule has 0 heterocycles. The van der Waals surface area contributed by atoms with E-state index >= 15 is 0 Å². The van der Waals surface area contributed by atoms with Gasteiger partial charge in [0.1, 0.15) is 18.1 Å². The SMILES string of the molecule is CC(C)=CCC/C(C)=C/CC/C(C)=C/CC/C(C)=C/COc1cc(C)c(O)c2ccccc12. The topological polar surface area (TPSA) is 29.5 Å². The molecule has 2 heteroatoms. The van der Waals surface area contributed by atoms with Gasteiger partial charge in [0.2, 0.25) is 0 Å². The average molecular weight is 447 g/mol.